The molecule has 0 aliphatic carbocycles. The highest BCUT2D eigenvalue weighted by atomic mass is 16.4. The van der Waals surface area contributed by atoms with Crippen LogP contribution in [-0.2, 0) is 9.59 Å². The molecule has 102 valence electrons. The fraction of sp³-hybridized carbons (Fsp3) is 0.231. The maximum absolute atomic E-state index is 12.1. The van der Waals surface area contributed by atoms with Crippen LogP contribution in [-0.4, -0.2) is 29.1 Å². The summed E-state index contributed by atoms with van der Waals surface area (Å²) in [4.78, 5) is 35.3. The van der Waals surface area contributed by atoms with Gasteiger partial charge < -0.3 is 10.4 Å². The molecule has 0 aromatic heterocycles. The second kappa shape index (κ2) is 5.40. The number of nitriles is 1. The minimum absolute atomic E-state index is 0.0361. The summed E-state index contributed by atoms with van der Waals surface area (Å²) in [5.74, 6) is -1.54. The van der Waals surface area contributed by atoms with E-state index in [1.165, 1.54) is 12.1 Å². The topological polar surface area (TPSA) is 110 Å². The van der Waals surface area contributed by atoms with E-state index in [0.29, 0.717) is 11.3 Å². The van der Waals surface area contributed by atoms with E-state index < -0.39 is 23.9 Å². The molecule has 2 N–H and O–H groups in total. The van der Waals surface area contributed by atoms with E-state index in [1.807, 2.05) is 6.07 Å². The molecule has 7 heteroatoms. The van der Waals surface area contributed by atoms with Crippen LogP contribution in [0.3, 0.4) is 0 Å². The molecule has 0 spiro atoms. The van der Waals surface area contributed by atoms with Gasteiger partial charge >= 0.3 is 12.0 Å². The Morgan fingerprint density at radius 3 is 2.85 bits per heavy atom. The first kappa shape index (κ1) is 13.5. The quantitative estimate of drug-likeness (QED) is 0.790. The summed E-state index contributed by atoms with van der Waals surface area (Å²) >= 11 is 0. The normalized spacial score (nSPS) is 17.8. The number of nitrogens with zero attached hydrogens (tertiary/aromatic N) is 2. The van der Waals surface area contributed by atoms with Crippen LogP contribution in [0.4, 0.5) is 10.5 Å². The first-order chi connectivity index (χ1) is 9.52. The van der Waals surface area contributed by atoms with Crippen molar-refractivity contribution in [2.24, 2.45) is 0 Å². The van der Waals surface area contributed by atoms with Gasteiger partial charge in [0.15, 0.2) is 0 Å². The Bertz CT molecular complexity index is 620. The molecule has 0 radical (unpaired) electrons. The number of carboxylic acid groups (broad SMARTS) is 1. The van der Waals surface area contributed by atoms with Gasteiger partial charge in [0.25, 0.3) is 5.91 Å². The molecule has 1 aromatic carbocycles. The maximum Gasteiger partial charge on any atom is 0.329 e. The molecule has 1 aliphatic heterocycles. The second-order valence-electron chi connectivity index (χ2n) is 4.27. The van der Waals surface area contributed by atoms with E-state index in [1.54, 1.807) is 12.1 Å². The number of anilines is 1. The van der Waals surface area contributed by atoms with Gasteiger partial charge in [-0.1, -0.05) is 6.07 Å². The van der Waals surface area contributed by atoms with E-state index >= 15 is 0 Å². The summed E-state index contributed by atoms with van der Waals surface area (Å²) < 4.78 is 0. The zero-order chi connectivity index (χ0) is 14.7. The molecule has 3 amide bonds. The lowest BCUT2D eigenvalue weighted by atomic mass is 10.1. The largest absolute Gasteiger partial charge is 0.481 e. The summed E-state index contributed by atoms with van der Waals surface area (Å²) in [5.41, 5.74) is 0.626. The molecular formula is C13H11N3O4. The monoisotopic (exact) mass is 273 g/mol. The van der Waals surface area contributed by atoms with E-state index in [0.717, 1.165) is 4.90 Å². The summed E-state index contributed by atoms with van der Waals surface area (Å²) in [6.07, 6.45) is -0.170. The molecule has 1 aliphatic rings. The Hall–Kier alpha value is -2.88. The third-order valence-corrected chi connectivity index (χ3v) is 2.90. The van der Waals surface area contributed by atoms with Crippen LogP contribution in [0, 0.1) is 11.3 Å². The van der Waals surface area contributed by atoms with Gasteiger partial charge in [0.1, 0.15) is 6.04 Å². The van der Waals surface area contributed by atoms with Crippen molar-refractivity contribution in [3.8, 4) is 6.07 Å². The number of amides is 3. The number of urea groups is 1. The molecule has 0 bridgehead atoms. The lowest BCUT2D eigenvalue weighted by molar-refractivity contribution is -0.137. The van der Waals surface area contributed by atoms with Crippen molar-refractivity contribution in [2.45, 2.75) is 18.9 Å². The lowest BCUT2D eigenvalue weighted by Gasteiger charge is -2.12. The van der Waals surface area contributed by atoms with Gasteiger partial charge in [-0.2, -0.15) is 5.26 Å². The minimum Gasteiger partial charge on any atom is -0.481 e. The molecule has 7 nitrogen and oxygen atoms in total. The van der Waals surface area contributed by atoms with Crippen molar-refractivity contribution >= 4 is 23.6 Å². The molecule has 0 saturated carbocycles. The highest BCUT2D eigenvalue weighted by molar-refractivity contribution is 6.21. The molecule has 1 atom stereocenters. The lowest BCUT2D eigenvalue weighted by Crippen LogP contribution is -2.31. The van der Waals surface area contributed by atoms with Gasteiger partial charge in [-0.3, -0.25) is 9.59 Å². The average Bonchev–Trinajstić information content (AvgIpc) is 2.71. The van der Waals surface area contributed by atoms with E-state index in [-0.39, 0.29) is 12.8 Å². The zero-order valence-electron chi connectivity index (χ0n) is 10.4. The molecule has 1 unspecified atom stereocenters. The number of imide groups is 1. The van der Waals surface area contributed by atoms with Gasteiger partial charge in [-0.15, -0.1) is 0 Å². The molecule has 1 fully saturated rings. The van der Waals surface area contributed by atoms with Crippen molar-refractivity contribution in [1.82, 2.24) is 5.32 Å². The number of hydrogen-bond acceptors (Lipinski definition) is 4. The van der Waals surface area contributed by atoms with E-state index in [2.05, 4.69) is 5.32 Å². The van der Waals surface area contributed by atoms with Crippen molar-refractivity contribution in [3.63, 3.8) is 0 Å². The molecule has 2 rings (SSSR count). The number of nitrogens with one attached hydrogen (secondary N) is 1. The van der Waals surface area contributed by atoms with Crippen molar-refractivity contribution < 1.29 is 19.5 Å². The SMILES string of the molecule is N#Cc1cccc(N2C(=O)NC(CCC(=O)O)C2=O)c1. The van der Waals surface area contributed by atoms with Crippen LogP contribution in [0.25, 0.3) is 0 Å². The first-order valence-electron chi connectivity index (χ1n) is 5.89. The van der Waals surface area contributed by atoms with Gasteiger partial charge in [-0.05, 0) is 24.6 Å². The van der Waals surface area contributed by atoms with Crippen LogP contribution in [0.5, 0.6) is 0 Å². The first-order valence-corrected chi connectivity index (χ1v) is 5.89. The number of rotatable bonds is 4. The van der Waals surface area contributed by atoms with Crippen LogP contribution in [0.1, 0.15) is 18.4 Å². The Balaban J connectivity index is 2.20. The minimum atomic E-state index is -1.03. The highest BCUT2D eigenvalue weighted by Crippen LogP contribution is 2.22. The fourth-order valence-corrected chi connectivity index (χ4v) is 1.95. The molecule has 1 heterocycles. The second-order valence-corrected chi connectivity index (χ2v) is 4.27. The van der Waals surface area contributed by atoms with Gasteiger partial charge in [0.2, 0.25) is 0 Å². The smallest absolute Gasteiger partial charge is 0.329 e. The van der Waals surface area contributed by atoms with Gasteiger partial charge in [0.05, 0.1) is 17.3 Å². The number of carboxylic acids is 1. The maximum atomic E-state index is 12.1. The molecule has 20 heavy (non-hydrogen) atoms. The zero-order valence-corrected chi connectivity index (χ0v) is 10.4. The fourth-order valence-electron chi connectivity index (χ4n) is 1.95. The standard InChI is InChI=1S/C13H11N3O4/c14-7-8-2-1-3-9(6-8)16-12(19)10(15-13(16)20)4-5-11(17)18/h1-3,6,10H,4-5H2,(H,15,20)(H,17,18). The van der Waals surface area contributed by atoms with E-state index in [9.17, 15) is 14.4 Å². The predicted molar refractivity (Wildman–Crippen MR) is 67.8 cm³/mol. The van der Waals surface area contributed by atoms with Gasteiger partial charge in [-0.25, -0.2) is 9.69 Å². The molecule has 1 aromatic rings. The van der Waals surface area contributed by atoms with Crippen molar-refractivity contribution in [3.05, 3.63) is 29.8 Å². The van der Waals surface area contributed by atoms with Crippen molar-refractivity contribution in [1.29, 1.82) is 5.26 Å². The Morgan fingerprint density at radius 2 is 2.20 bits per heavy atom. The third-order valence-electron chi connectivity index (χ3n) is 2.90. The van der Waals surface area contributed by atoms with E-state index in [4.69, 9.17) is 10.4 Å². The Labute approximate surface area is 114 Å². The van der Waals surface area contributed by atoms with Crippen LogP contribution in [0.2, 0.25) is 0 Å². The summed E-state index contributed by atoms with van der Waals surface area (Å²) in [7, 11) is 0. The number of benzene rings is 1. The number of carbonyl (C=O) groups is 3. The molecule has 1 saturated heterocycles. The Morgan fingerprint density at radius 1 is 1.45 bits per heavy atom. The van der Waals surface area contributed by atoms with Crippen LogP contribution >= 0.6 is 0 Å². The Kier molecular flexibility index (Phi) is 3.66. The summed E-state index contributed by atoms with van der Waals surface area (Å²) in [6.45, 7) is 0. The predicted octanol–water partition coefficient (Wildman–Crippen LogP) is 0.848. The summed E-state index contributed by atoms with van der Waals surface area (Å²) in [6, 6.07) is 6.57. The number of aliphatic carboxylic acids is 1. The number of carbonyl (C=O) groups excluding carboxylic acids is 2. The van der Waals surface area contributed by atoms with Crippen LogP contribution < -0.4 is 10.2 Å². The van der Waals surface area contributed by atoms with Crippen LogP contribution in [0.15, 0.2) is 24.3 Å². The van der Waals surface area contributed by atoms with Crippen molar-refractivity contribution in [2.75, 3.05) is 4.90 Å². The average molecular weight is 273 g/mol. The third kappa shape index (κ3) is 2.59. The highest BCUT2D eigenvalue weighted by Gasteiger charge is 2.38. The van der Waals surface area contributed by atoms with Gasteiger partial charge in [0, 0.05) is 6.42 Å². The number of hydrogen-bond donors (Lipinski definition) is 2. The summed E-state index contributed by atoms with van der Waals surface area (Å²) in [5, 5.41) is 19.9. The molecular weight excluding hydrogens is 262 g/mol.